The molecule has 4 nitrogen and oxygen atoms in total. The monoisotopic (exact) mass is 279 g/mol. The van der Waals surface area contributed by atoms with Crippen molar-refractivity contribution in [2.75, 3.05) is 27.3 Å². The first-order chi connectivity index (χ1) is 9.50. The number of benzene rings is 1. The van der Waals surface area contributed by atoms with Gasteiger partial charge in [-0.15, -0.1) is 0 Å². The Balaban J connectivity index is 2.25. The lowest BCUT2D eigenvalue weighted by Crippen LogP contribution is -2.46. The van der Waals surface area contributed by atoms with Gasteiger partial charge in [0.2, 0.25) is 0 Å². The van der Waals surface area contributed by atoms with Crippen LogP contribution in [0.3, 0.4) is 0 Å². The Bertz CT molecular complexity index is 453. The predicted octanol–water partition coefficient (Wildman–Crippen LogP) is 2.61. The van der Waals surface area contributed by atoms with Crippen molar-refractivity contribution in [1.29, 1.82) is 0 Å². The highest BCUT2D eigenvalue weighted by molar-refractivity contribution is 5.44. The van der Waals surface area contributed by atoms with Crippen LogP contribution in [0.2, 0.25) is 0 Å². The summed E-state index contributed by atoms with van der Waals surface area (Å²) in [5.41, 5.74) is 0.579. The van der Waals surface area contributed by atoms with E-state index in [1.807, 2.05) is 18.2 Å². The lowest BCUT2D eigenvalue weighted by Gasteiger charge is -2.39. The van der Waals surface area contributed by atoms with Crippen LogP contribution < -0.4 is 9.47 Å². The van der Waals surface area contributed by atoms with Gasteiger partial charge in [0.05, 0.1) is 20.3 Å². The Labute approximate surface area is 121 Å². The minimum atomic E-state index is -0.555. The van der Waals surface area contributed by atoms with Crippen molar-refractivity contribution in [1.82, 2.24) is 4.90 Å². The van der Waals surface area contributed by atoms with Crippen LogP contribution in [-0.4, -0.2) is 42.9 Å². The largest absolute Gasteiger partial charge is 0.493 e. The van der Waals surface area contributed by atoms with Gasteiger partial charge in [-0.3, -0.25) is 4.90 Å². The van der Waals surface area contributed by atoms with Gasteiger partial charge in [-0.05, 0) is 57.5 Å². The molecule has 1 saturated heterocycles. The minimum absolute atomic E-state index is 0.282. The van der Waals surface area contributed by atoms with Crippen molar-refractivity contribution in [3.8, 4) is 11.5 Å². The quantitative estimate of drug-likeness (QED) is 0.899. The van der Waals surface area contributed by atoms with E-state index >= 15 is 0 Å². The topological polar surface area (TPSA) is 41.9 Å². The summed E-state index contributed by atoms with van der Waals surface area (Å²) in [7, 11) is 3.22. The molecule has 0 aliphatic carbocycles. The highest BCUT2D eigenvalue weighted by Gasteiger charge is 2.36. The number of nitrogens with zero attached hydrogens (tertiary/aromatic N) is 1. The molecule has 20 heavy (non-hydrogen) atoms. The summed E-state index contributed by atoms with van der Waals surface area (Å²) in [4.78, 5) is 2.36. The summed E-state index contributed by atoms with van der Waals surface area (Å²) in [6.07, 6.45) is 1.87. The SMILES string of the molecule is COc1ccc(C(O)C(C)(C)N2CCCC2)cc1OC. The van der Waals surface area contributed by atoms with Gasteiger partial charge in [-0.2, -0.15) is 0 Å². The average Bonchev–Trinajstić information content (AvgIpc) is 3.00. The molecule has 1 aromatic rings. The van der Waals surface area contributed by atoms with Crippen molar-refractivity contribution in [2.45, 2.75) is 38.3 Å². The number of methoxy groups -OCH3 is 2. The lowest BCUT2D eigenvalue weighted by molar-refractivity contribution is 0.00120. The number of aliphatic hydroxyl groups excluding tert-OH is 1. The number of aliphatic hydroxyl groups is 1. The summed E-state index contributed by atoms with van der Waals surface area (Å²) in [6, 6.07) is 5.61. The molecule has 2 rings (SSSR count). The van der Waals surface area contributed by atoms with E-state index in [-0.39, 0.29) is 5.54 Å². The summed E-state index contributed by atoms with van der Waals surface area (Å²) in [5.74, 6) is 1.34. The van der Waals surface area contributed by atoms with Crippen molar-refractivity contribution in [3.63, 3.8) is 0 Å². The van der Waals surface area contributed by atoms with E-state index in [1.54, 1.807) is 14.2 Å². The number of rotatable bonds is 5. The second kappa shape index (κ2) is 6.02. The standard InChI is InChI=1S/C16H25NO3/c1-16(2,17-9-5-6-10-17)15(18)12-7-8-13(19-3)14(11-12)20-4/h7-8,11,15,18H,5-6,9-10H2,1-4H3. The zero-order valence-corrected chi connectivity index (χ0v) is 12.8. The van der Waals surface area contributed by atoms with Gasteiger partial charge in [-0.1, -0.05) is 6.07 Å². The van der Waals surface area contributed by atoms with Crippen LogP contribution in [0, 0.1) is 0 Å². The van der Waals surface area contributed by atoms with E-state index in [9.17, 15) is 5.11 Å². The van der Waals surface area contributed by atoms with E-state index in [0.717, 1.165) is 18.7 Å². The molecule has 1 aliphatic rings. The summed E-state index contributed by atoms with van der Waals surface area (Å²) in [5, 5.41) is 10.8. The molecule has 0 spiro atoms. The summed E-state index contributed by atoms with van der Waals surface area (Å²) < 4.78 is 10.6. The predicted molar refractivity (Wildman–Crippen MR) is 79.4 cm³/mol. The van der Waals surface area contributed by atoms with Crippen molar-refractivity contribution < 1.29 is 14.6 Å². The van der Waals surface area contributed by atoms with Crippen molar-refractivity contribution in [2.24, 2.45) is 0 Å². The van der Waals surface area contributed by atoms with Gasteiger partial charge >= 0.3 is 0 Å². The van der Waals surface area contributed by atoms with Gasteiger partial charge in [-0.25, -0.2) is 0 Å². The number of hydrogen-bond donors (Lipinski definition) is 1. The molecular weight excluding hydrogens is 254 g/mol. The third-order valence-corrected chi connectivity index (χ3v) is 4.31. The first kappa shape index (κ1) is 15.1. The third kappa shape index (κ3) is 2.76. The fourth-order valence-corrected chi connectivity index (χ4v) is 2.90. The number of ether oxygens (including phenoxy) is 2. The fourth-order valence-electron chi connectivity index (χ4n) is 2.90. The Kier molecular flexibility index (Phi) is 4.55. The molecule has 1 aliphatic heterocycles. The maximum absolute atomic E-state index is 10.8. The van der Waals surface area contributed by atoms with E-state index in [2.05, 4.69) is 18.7 Å². The second-order valence-electron chi connectivity index (χ2n) is 5.86. The highest BCUT2D eigenvalue weighted by Crippen LogP contribution is 2.37. The molecule has 1 N–H and O–H groups in total. The molecule has 1 unspecified atom stereocenters. The number of hydrogen-bond acceptors (Lipinski definition) is 4. The van der Waals surface area contributed by atoms with E-state index < -0.39 is 6.10 Å². The van der Waals surface area contributed by atoms with Crippen LogP contribution in [0.15, 0.2) is 18.2 Å². The Morgan fingerprint density at radius 1 is 1.10 bits per heavy atom. The Morgan fingerprint density at radius 3 is 2.25 bits per heavy atom. The molecule has 0 saturated carbocycles. The van der Waals surface area contributed by atoms with Gasteiger partial charge in [0.15, 0.2) is 11.5 Å². The highest BCUT2D eigenvalue weighted by atomic mass is 16.5. The van der Waals surface area contributed by atoms with Crippen LogP contribution in [0.1, 0.15) is 38.4 Å². The molecule has 0 radical (unpaired) electrons. The Hall–Kier alpha value is -1.26. The second-order valence-corrected chi connectivity index (χ2v) is 5.86. The zero-order valence-electron chi connectivity index (χ0n) is 12.8. The van der Waals surface area contributed by atoms with Crippen molar-refractivity contribution >= 4 is 0 Å². The maximum atomic E-state index is 10.8. The van der Waals surface area contributed by atoms with E-state index in [4.69, 9.17) is 9.47 Å². The Morgan fingerprint density at radius 2 is 1.70 bits per heavy atom. The molecule has 112 valence electrons. The molecule has 1 heterocycles. The maximum Gasteiger partial charge on any atom is 0.161 e. The number of likely N-dealkylation sites (tertiary alicyclic amines) is 1. The van der Waals surface area contributed by atoms with Crippen molar-refractivity contribution in [3.05, 3.63) is 23.8 Å². The van der Waals surface area contributed by atoms with Gasteiger partial charge in [0.25, 0.3) is 0 Å². The van der Waals surface area contributed by atoms with Gasteiger partial charge in [0, 0.05) is 5.54 Å². The first-order valence-electron chi connectivity index (χ1n) is 7.15. The van der Waals surface area contributed by atoms with Crippen LogP contribution in [0.4, 0.5) is 0 Å². The molecule has 0 aromatic heterocycles. The average molecular weight is 279 g/mol. The molecule has 0 amide bonds. The summed E-state index contributed by atoms with van der Waals surface area (Å²) >= 11 is 0. The smallest absolute Gasteiger partial charge is 0.161 e. The molecule has 1 aromatic carbocycles. The minimum Gasteiger partial charge on any atom is -0.493 e. The first-order valence-corrected chi connectivity index (χ1v) is 7.15. The van der Waals surface area contributed by atoms with E-state index in [1.165, 1.54) is 12.8 Å². The lowest BCUT2D eigenvalue weighted by atomic mass is 9.89. The van der Waals surface area contributed by atoms with Crippen LogP contribution >= 0.6 is 0 Å². The van der Waals surface area contributed by atoms with Crippen LogP contribution in [0.25, 0.3) is 0 Å². The fraction of sp³-hybridized carbons (Fsp3) is 0.625. The van der Waals surface area contributed by atoms with Crippen LogP contribution in [-0.2, 0) is 0 Å². The van der Waals surface area contributed by atoms with E-state index in [0.29, 0.717) is 11.5 Å². The summed E-state index contributed by atoms with van der Waals surface area (Å²) in [6.45, 7) is 6.30. The van der Waals surface area contributed by atoms with Gasteiger partial charge in [0.1, 0.15) is 0 Å². The van der Waals surface area contributed by atoms with Crippen LogP contribution in [0.5, 0.6) is 11.5 Å². The normalized spacial score (nSPS) is 18.1. The molecular formula is C16H25NO3. The molecule has 1 atom stereocenters. The molecule has 4 heteroatoms. The van der Waals surface area contributed by atoms with Gasteiger partial charge < -0.3 is 14.6 Å². The zero-order chi connectivity index (χ0) is 14.8. The molecule has 1 fully saturated rings. The third-order valence-electron chi connectivity index (χ3n) is 4.31. The molecule has 0 bridgehead atoms.